The first-order chi connectivity index (χ1) is 9.15. The molecule has 0 saturated carbocycles. The van der Waals surface area contributed by atoms with Crippen molar-refractivity contribution in [3.05, 3.63) is 17.6 Å². The Morgan fingerprint density at radius 3 is 2.68 bits per heavy atom. The summed E-state index contributed by atoms with van der Waals surface area (Å²) in [5.74, 6) is 2.28. The first-order valence-corrected chi connectivity index (χ1v) is 7.47. The van der Waals surface area contributed by atoms with Gasteiger partial charge in [-0.2, -0.15) is 0 Å². The Labute approximate surface area is 116 Å². The number of aryl methyl sites for hydroxylation is 1. The van der Waals surface area contributed by atoms with Crippen LogP contribution in [0.1, 0.15) is 50.5 Å². The van der Waals surface area contributed by atoms with Gasteiger partial charge in [0.25, 0.3) is 0 Å². The van der Waals surface area contributed by atoms with Crippen LogP contribution in [-0.4, -0.2) is 41.0 Å². The summed E-state index contributed by atoms with van der Waals surface area (Å²) in [6, 6.07) is 2.03. The van der Waals surface area contributed by atoms with E-state index in [1.165, 1.54) is 38.9 Å². The fourth-order valence-corrected chi connectivity index (χ4v) is 2.47. The summed E-state index contributed by atoms with van der Waals surface area (Å²) >= 11 is 0. The Morgan fingerprint density at radius 2 is 2.00 bits per heavy atom. The molecule has 1 saturated heterocycles. The molecule has 0 aliphatic carbocycles. The summed E-state index contributed by atoms with van der Waals surface area (Å²) in [5.41, 5.74) is 1.04. The summed E-state index contributed by atoms with van der Waals surface area (Å²) in [5, 5.41) is 3.43. The van der Waals surface area contributed by atoms with Gasteiger partial charge in [-0.05, 0) is 45.8 Å². The van der Waals surface area contributed by atoms with Crippen molar-refractivity contribution in [2.75, 3.05) is 31.5 Å². The van der Waals surface area contributed by atoms with Gasteiger partial charge in [-0.25, -0.2) is 9.97 Å². The number of likely N-dealkylation sites (tertiary alicyclic amines) is 1. The number of hydrogen-bond acceptors (Lipinski definition) is 4. The molecule has 0 unspecified atom stereocenters. The second-order valence-corrected chi connectivity index (χ2v) is 5.74. The molecule has 1 aliphatic rings. The van der Waals surface area contributed by atoms with Crippen LogP contribution in [-0.2, 0) is 0 Å². The van der Waals surface area contributed by atoms with E-state index < -0.39 is 0 Å². The summed E-state index contributed by atoms with van der Waals surface area (Å²) in [6.07, 6.45) is 3.92. The standard InChI is InChI=1S/C15H26N4/c1-12(2)15-17-13(3)11-14(18-15)16-7-6-10-19-8-4-5-9-19/h11-12H,4-10H2,1-3H3,(H,16,17,18). The van der Waals surface area contributed by atoms with Gasteiger partial charge in [0.2, 0.25) is 0 Å². The third-order valence-corrected chi connectivity index (χ3v) is 3.54. The number of rotatable bonds is 6. The lowest BCUT2D eigenvalue weighted by molar-refractivity contribution is 0.337. The van der Waals surface area contributed by atoms with Gasteiger partial charge in [0.1, 0.15) is 11.6 Å². The van der Waals surface area contributed by atoms with Crippen LogP contribution < -0.4 is 5.32 Å². The van der Waals surface area contributed by atoms with Crippen LogP contribution in [0.4, 0.5) is 5.82 Å². The molecule has 1 aliphatic heterocycles. The minimum Gasteiger partial charge on any atom is -0.370 e. The fourth-order valence-electron chi connectivity index (χ4n) is 2.47. The van der Waals surface area contributed by atoms with E-state index in [0.29, 0.717) is 5.92 Å². The average Bonchev–Trinajstić information content (AvgIpc) is 2.87. The van der Waals surface area contributed by atoms with E-state index in [1.54, 1.807) is 0 Å². The van der Waals surface area contributed by atoms with E-state index in [0.717, 1.165) is 23.9 Å². The summed E-state index contributed by atoms with van der Waals surface area (Å²) in [6.45, 7) is 11.0. The molecule has 1 aromatic heterocycles. The van der Waals surface area contributed by atoms with Crippen LogP contribution in [0.5, 0.6) is 0 Å². The molecule has 4 heteroatoms. The number of aromatic nitrogens is 2. The molecular weight excluding hydrogens is 236 g/mol. The van der Waals surface area contributed by atoms with Crippen molar-refractivity contribution in [2.45, 2.75) is 46.0 Å². The van der Waals surface area contributed by atoms with Gasteiger partial charge >= 0.3 is 0 Å². The van der Waals surface area contributed by atoms with Crippen LogP contribution in [0.25, 0.3) is 0 Å². The second-order valence-electron chi connectivity index (χ2n) is 5.74. The number of nitrogens with one attached hydrogen (secondary N) is 1. The molecule has 0 atom stereocenters. The highest BCUT2D eigenvalue weighted by Crippen LogP contribution is 2.13. The van der Waals surface area contributed by atoms with E-state index in [9.17, 15) is 0 Å². The highest BCUT2D eigenvalue weighted by molar-refractivity contribution is 5.36. The predicted octanol–water partition coefficient (Wildman–Crippen LogP) is 2.81. The zero-order valence-electron chi connectivity index (χ0n) is 12.4. The van der Waals surface area contributed by atoms with E-state index in [-0.39, 0.29) is 0 Å². The Bertz CT molecular complexity index is 397. The van der Waals surface area contributed by atoms with Crippen molar-refractivity contribution in [3.63, 3.8) is 0 Å². The third kappa shape index (κ3) is 4.46. The Morgan fingerprint density at radius 1 is 1.26 bits per heavy atom. The summed E-state index contributed by atoms with van der Waals surface area (Å²) < 4.78 is 0. The van der Waals surface area contributed by atoms with Crippen molar-refractivity contribution in [1.82, 2.24) is 14.9 Å². The molecule has 2 heterocycles. The van der Waals surface area contributed by atoms with E-state index in [1.807, 2.05) is 13.0 Å². The lowest BCUT2D eigenvalue weighted by atomic mass is 10.2. The normalized spacial score (nSPS) is 16.2. The van der Waals surface area contributed by atoms with Crippen LogP contribution in [0.2, 0.25) is 0 Å². The third-order valence-electron chi connectivity index (χ3n) is 3.54. The van der Waals surface area contributed by atoms with Gasteiger partial charge in [-0.15, -0.1) is 0 Å². The molecule has 2 rings (SSSR count). The minimum atomic E-state index is 0.380. The van der Waals surface area contributed by atoms with Crippen molar-refractivity contribution >= 4 is 5.82 Å². The van der Waals surface area contributed by atoms with E-state index >= 15 is 0 Å². The van der Waals surface area contributed by atoms with Crippen LogP contribution in [0, 0.1) is 6.92 Å². The van der Waals surface area contributed by atoms with Crippen molar-refractivity contribution < 1.29 is 0 Å². The molecule has 106 valence electrons. The molecule has 0 amide bonds. The quantitative estimate of drug-likeness (QED) is 0.800. The lowest BCUT2D eigenvalue weighted by Crippen LogP contribution is -2.22. The molecule has 0 bridgehead atoms. The number of hydrogen-bond donors (Lipinski definition) is 1. The smallest absolute Gasteiger partial charge is 0.133 e. The minimum absolute atomic E-state index is 0.380. The maximum atomic E-state index is 4.57. The van der Waals surface area contributed by atoms with E-state index in [2.05, 4.69) is 34.0 Å². The monoisotopic (exact) mass is 262 g/mol. The van der Waals surface area contributed by atoms with Crippen LogP contribution in [0.15, 0.2) is 6.07 Å². The van der Waals surface area contributed by atoms with Gasteiger partial charge < -0.3 is 10.2 Å². The first kappa shape index (κ1) is 14.3. The first-order valence-electron chi connectivity index (χ1n) is 7.47. The van der Waals surface area contributed by atoms with E-state index in [4.69, 9.17) is 0 Å². The highest BCUT2D eigenvalue weighted by atomic mass is 15.1. The molecule has 1 N–H and O–H groups in total. The Balaban J connectivity index is 1.78. The Kier molecular flexibility index (Phi) is 5.14. The maximum absolute atomic E-state index is 4.57. The van der Waals surface area contributed by atoms with Gasteiger partial charge in [-0.3, -0.25) is 0 Å². The molecule has 0 aromatic carbocycles. The number of anilines is 1. The van der Waals surface area contributed by atoms with Crippen molar-refractivity contribution in [1.29, 1.82) is 0 Å². The summed E-state index contributed by atoms with van der Waals surface area (Å²) in [4.78, 5) is 11.6. The van der Waals surface area contributed by atoms with Gasteiger partial charge in [0.05, 0.1) is 0 Å². The molecule has 4 nitrogen and oxygen atoms in total. The molecule has 0 spiro atoms. The molecule has 19 heavy (non-hydrogen) atoms. The Hall–Kier alpha value is -1.16. The van der Waals surface area contributed by atoms with Crippen LogP contribution >= 0.6 is 0 Å². The van der Waals surface area contributed by atoms with Crippen LogP contribution in [0.3, 0.4) is 0 Å². The lowest BCUT2D eigenvalue weighted by Gasteiger charge is -2.15. The molecular formula is C15H26N4. The zero-order valence-corrected chi connectivity index (χ0v) is 12.4. The largest absolute Gasteiger partial charge is 0.370 e. The van der Waals surface area contributed by atoms with Crippen molar-refractivity contribution in [3.8, 4) is 0 Å². The molecule has 1 fully saturated rings. The topological polar surface area (TPSA) is 41.0 Å². The number of nitrogens with zero attached hydrogens (tertiary/aromatic N) is 3. The molecule has 1 aromatic rings. The van der Waals surface area contributed by atoms with Gasteiger partial charge in [-0.1, -0.05) is 13.8 Å². The average molecular weight is 262 g/mol. The SMILES string of the molecule is Cc1cc(NCCCN2CCCC2)nc(C(C)C)n1. The van der Waals surface area contributed by atoms with Gasteiger partial charge in [0, 0.05) is 24.2 Å². The highest BCUT2D eigenvalue weighted by Gasteiger charge is 2.10. The zero-order chi connectivity index (χ0) is 13.7. The van der Waals surface area contributed by atoms with Gasteiger partial charge in [0.15, 0.2) is 0 Å². The fraction of sp³-hybridized carbons (Fsp3) is 0.733. The second kappa shape index (κ2) is 6.85. The maximum Gasteiger partial charge on any atom is 0.133 e. The molecule has 0 radical (unpaired) electrons. The predicted molar refractivity (Wildman–Crippen MR) is 79.6 cm³/mol. The summed E-state index contributed by atoms with van der Waals surface area (Å²) in [7, 11) is 0. The van der Waals surface area contributed by atoms with Crippen molar-refractivity contribution in [2.24, 2.45) is 0 Å².